The van der Waals surface area contributed by atoms with Crippen LogP contribution in [0, 0.1) is 11.6 Å². The van der Waals surface area contributed by atoms with E-state index in [-0.39, 0.29) is 36.5 Å². The van der Waals surface area contributed by atoms with Gasteiger partial charge in [-0.1, -0.05) is 18.2 Å². The Morgan fingerprint density at radius 3 is 2.50 bits per heavy atom. The molecular weight excluding hydrogens is 459 g/mol. The number of alkyl halides is 3. The summed E-state index contributed by atoms with van der Waals surface area (Å²) >= 11 is 0. The van der Waals surface area contributed by atoms with Crippen molar-refractivity contribution in [2.75, 3.05) is 12.3 Å². The molecular formula is C23H19F5N4O2. The van der Waals surface area contributed by atoms with E-state index < -0.39 is 35.2 Å². The average Bonchev–Trinajstić information content (AvgIpc) is 3.16. The van der Waals surface area contributed by atoms with E-state index in [1.807, 2.05) is 0 Å². The van der Waals surface area contributed by atoms with Gasteiger partial charge in [0.25, 0.3) is 0 Å². The van der Waals surface area contributed by atoms with Crippen molar-refractivity contribution in [1.29, 1.82) is 0 Å². The number of halogens is 5. The number of fused-ring (bicyclic) bond motifs is 1. The van der Waals surface area contributed by atoms with E-state index >= 15 is 4.39 Å². The van der Waals surface area contributed by atoms with Crippen LogP contribution in [0.4, 0.5) is 27.9 Å². The van der Waals surface area contributed by atoms with E-state index in [0.717, 1.165) is 12.1 Å². The first-order valence-electron chi connectivity index (χ1n) is 10.2. The Morgan fingerprint density at radius 1 is 1.06 bits per heavy atom. The SMILES string of the molecule is Nc1nc2cc(-c3ccc(C(F)(F)F)c(OCCC[C@H](O)c4ccc(F)cc4)c3F)ccn2n1. The van der Waals surface area contributed by atoms with Crippen molar-refractivity contribution in [3.05, 3.63) is 77.5 Å². The molecule has 0 aliphatic rings. The summed E-state index contributed by atoms with van der Waals surface area (Å²) < 4.78 is 75.4. The molecule has 34 heavy (non-hydrogen) atoms. The largest absolute Gasteiger partial charge is 0.490 e. The van der Waals surface area contributed by atoms with Gasteiger partial charge in [0.05, 0.1) is 12.7 Å². The maximum Gasteiger partial charge on any atom is 0.420 e. The van der Waals surface area contributed by atoms with Crippen LogP contribution in [0.15, 0.2) is 54.7 Å². The lowest BCUT2D eigenvalue weighted by atomic mass is 10.0. The van der Waals surface area contributed by atoms with Gasteiger partial charge < -0.3 is 15.6 Å². The standard InChI is InChI=1S/C23H19F5N4O2/c24-15-5-3-13(4-6-15)18(33)2-1-11-34-21-17(23(26,27)28)8-7-16(20(21)25)14-9-10-32-19(12-14)30-22(29)31-32/h3-10,12,18,33H,1-2,11H2,(H2,29,31)/t18-/m0/s1. The summed E-state index contributed by atoms with van der Waals surface area (Å²) in [6.45, 7) is -0.276. The molecule has 2 aromatic carbocycles. The van der Waals surface area contributed by atoms with Crippen LogP contribution in [0.1, 0.15) is 30.1 Å². The number of benzene rings is 2. The third-order valence-electron chi connectivity index (χ3n) is 5.19. The van der Waals surface area contributed by atoms with Crippen LogP contribution in [0.5, 0.6) is 5.75 Å². The number of nitrogens with two attached hydrogens (primary N) is 1. The van der Waals surface area contributed by atoms with Gasteiger partial charge in [-0.25, -0.2) is 13.3 Å². The molecule has 0 fully saturated rings. The van der Waals surface area contributed by atoms with Crippen LogP contribution in [-0.2, 0) is 6.18 Å². The summed E-state index contributed by atoms with van der Waals surface area (Å²) in [7, 11) is 0. The third kappa shape index (κ3) is 4.93. The minimum absolute atomic E-state index is 0.00288. The lowest BCUT2D eigenvalue weighted by molar-refractivity contribution is -0.139. The van der Waals surface area contributed by atoms with Crippen LogP contribution < -0.4 is 10.5 Å². The zero-order valence-corrected chi connectivity index (χ0v) is 17.6. The highest BCUT2D eigenvalue weighted by molar-refractivity contribution is 5.70. The maximum atomic E-state index is 15.3. The molecule has 0 bridgehead atoms. The normalized spacial score (nSPS) is 12.8. The predicted octanol–water partition coefficient (Wildman–Crippen LogP) is 5.17. The van der Waals surface area contributed by atoms with E-state index in [9.17, 15) is 22.7 Å². The van der Waals surface area contributed by atoms with Crippen LogP contribution in [0.2, 0.25) is 0 Å². The molecule has 0 saturated carbocycles. The molecule has 0 amide bonds. The van der Waals surface area contributed by atoms with Crippen molar-refractivity contribution in [1.82, 2.24) is 14.6 Å². The van der Waals surface area contributed by atoms with Gasteiger partial charge >= 0.3 is 6.18 Å². The smallest absolute Gasteiger partial charge is 0.420 e. The van der Waals surface area contributed by atoms with Gasteiger partial charge in [0.1, 0.15) is 11.4 Å². The minimum Gasteiger partial charge on any atom is -0.490 e. The molecule has 0 unspecified atom stereocenters. The molecule has 2 aromatic heterocycles. The fourth-order valence-corrected chi connectivity index (χ4v) is 3.51. The quantitative estimate of drug-likeness (QED) is 0.283. The molecule has 0 spiro atoms. The van der Waals surface area contributed by atoms with Gasteiger partial charge in [-0.2, -0.15) is 18.2 Å². The van der Waals surface area contributed by atoms with Crippen LogP contribution >= 0.6 is 0 Å². The van der Waals surface area contributed by atoms with Crippen molar-refractivity contribution in [3.63, 3.8) is 0 Å². The highest BCUT2D eigenvalue weighted by atomic mass is 19.4. The Hall–Kier alpha value is -3.73. The van der Waals surface area contributed by atoms with E-state index in [1.54, 1.807) is 0 Å². The molecule has 178 valence electrons. The molecule has 4 aromatic rings. The van der Waals surface area contributed by atoms with Crippen molar-refractivity contribution in [2.24, 2.45) is 0 Å². The molecule has 11 heteroatoms. The number of aliphatic hydroxyl groups excluding tert-OH is 1. The molecule has 0 saturated heterocycles. The van der Waals surface area contributed by atoms with Gasteiger partial charge in [-0.3, -0.25) is 0 Å². The summed E-state index contributed by atoms with van der Waals surface area (Å²) in [6, 6.07) is 9.89. The fourth-order valence-electron chi connectivity index (χ4n) is 3.51. The fraction of sp³-hybridized carbons (Fsp3) is 0.217. The number of rotatable bonds is 7. The van der Waals surface area contributed by atoms with Crippen LogP contribution in [-0.4, -0.2) is 26.3 Å². The predicted molar refractivity (Wildman–Crippen MR) is 114 cm³/mol. The van der Waals surface area contributed by atoms with Crippen LogP contribution in [0.25, 0.3) is 16.8 Å². The highest BCUT2D eigenvalue weighted by Crippen LogP contribution is 2.41. The second-order valence-electron chi connectivity index (χ2n) is 7.55. The van der Waals surface area contributed by atoms with Crippen molar-refractivity contribution in [3.8, 4) is 16.9 Å². The van der Waals surface area contributed by atoms with Gasteiger partial charge in [0.15, 0.2) is 17.2 Å². The molecule has 2 heterocycles. The summed E-state index contributed by atoms with van der Waals surface area (Å²) in [5.41, 5.74) is 5.19. The van der Waals surface area contributed by atoms with E-state index in [2.05, 4.69) is 10.1 Å². The summed E-state index contributed by atoms with van der Waals surface area (Å²) in [4.78, 5) is 3.97. The number of nitrogen functional groups attached to an aromatic ring is 1. The Morgan fingerprint density at radius 2 is 1.79 bits per heavy atom. The van der Waals surface area contributed by atoms with Gasteiger partial charge in [0, 0.05) is 11.8 Å². The number of anilines is 1. The van der Waals surface area contributed by atoms with Gasteiger partial charge in [-0.05, 0) is 54.3 Å². The number of hydrogen-bond donors (Lipinski definition) is 2. The minimum atomic E-state index is -4.84. The number of aliphatic hydroxyl groups is 1. The lowest BCUT2D eigenvalue weighted by Gasteiger charge is -2.17. The summed E-state index contributed by atoms with van der Waals surface area (Å²) in [6.07, 6.45) is -4.09. The molecule has 0 radical (unpaired) electrons. The second kappa shape index (κ2) is 9.26. The number of nitrogens with zero attached hydrogens (tertiary/aromatic N) is 3. The zero-order chi connectivity index (χ0) is 24.5. The number of aromatic nitrogens is 3. The summed E-state index contributed by atoms with van der Waals surface area (Å²) in [5, 5.41) is 14.1. The van der Waals surface area contributed by atoms with Crippen LogP contribution in [0.3, 0.4) is 0 Å². The Balaban J connectivity index is 1.55. The van der Waals surface area contributed by atoms with E-state index in [4.69, 9.17) is 10.5 Å². The molecule has 0 aliphatic carbocycles. The first-order chi connectivity index (χ1) is 16.1. The molecule has 1 atom stereocenters. The number of ether oxygens (including phenoxy) is 1. The van der Waals surface area contributed by atoms with Crippen molar-refractivity contribution >= 4 is 11.6 Å². The molecule has 3 N–H and O–H groups in total. The van der Waals surface area contributed by atoms with Crippen molar-refractivity contribution < 1.29 is 31.8 Å². The summed E-state index contributed by atoms with van der Waals surface area (Å²) in [5.74, 6) is -2.56. The molecule has 0 aliphatic heterocycles. The lowest BCUT2D eigenvalue weighted by Crippen LogP contribution is -2.12. The first kappa shape index (κ1) is 23.4. The number of pyridine rings is 1. The Labute approximate surface area is 190 Å². The maximum absolute atomic E-state index is 15.3. The monoisotopic (exact) mass is 478 g/mol. The van der Waals surface area contributed by atoms with Gasteiger partial charge in [-0.15, -0.1) is 5.10 Å². The topological polar surface area (TPSA) is 85.7 Å². The van der Waals surface area contributed by atoms with Crippen molar-refractivity contribution in [2.45, 2.75) is 25.1 Å². The molecule has 6 nitrogen and oxygen atoms in total. The second-order valence-corrected chi connectivity index (χ2v) is 7.55. The zero-order valence-electron chi connectivity index (χ0n) is 17.6. The Kier molecular flexibility index (Phi) is 6.38. The average molecular weight is 478 g/mol. The molecule has 4 rings (SSSR count). The van der Waals surface area contributed by atoms with E-state index in [0.29, 0.717) is 11.2 Å². The first-order valence-corrected chi connectivity index (χ1v) is 10.2. The van der Waals surface area contributed by atoms with E-state index in [1.165, 1.54) is 47.1 Å². The third-order valence-corrected chi connectivity index (χ3v) is 5.19. The highest BCUT2D eigenvalue weighted by Gasteiger charge is 2.36. The Bertz CT molecular complexity index is 1310. The van der Waals surface area contributed by atoms with Gasteiger partial charge in [0.2, 0.25) is 5.95 Å². The number of hydrogen-bond acceptors (Lipinski definition) is 5.